The van der Waals surface area contributed by atoms with Gasteiger partial charge in [0.1, 0.15) is 0 Å². The first kappa shape index (κ1) is 37.4. The molecule has 8 rings (SSSR count). The zero-order valence-corrected chi connectivity index (χ0v) is 32.9. The van der Waals surface area contributed by atoms with Gasteiger partial charge in [-0.3, -0.25) is 0 Å². The maximum atomic E-state index is 4.18. The van der Waals surface area contributed by atoms with Gasteiger partial charge in [0, 0.05) is 17.1 Å². The van der Waals surface area contributed by atoms with Gasteiger partial charge in [-0.15, -0.1) is 0 Å². The van der Waals surface area contributed by atoms with Crippen LogP contribution in [-0.2, 0) is 0 Å². The molecule has 0 N–H and O–H groups in total. The molecule has 8 aromatic carbocycles. The zero-order valence-electron chi connectivity index (χ0n) is 32.9. The Bertz CT molecular complexity index is 2770. The summed E-state index contributed by atoms with van der Waals surface area (Å²) in [6.07, 6.45) is 11.9. The highest BCUT2D eigenvalue weighted by atomic mass is 15.1. The van der Waals surface area contributed by atoms with Crippen LogP contribution in [0.15, 0.2) is 226 Å². The third-order valence-electron chi connectivity index (χ3n) is 10.7. The van der Waals surface area contributed by atoms with Crippen LogP contribution in [0.1, 0.15) is 23.6 Å². The SMILES string of the molecule is C=C/C=C(\C=C)c1ccc(N(c2ccc(-c3ccccc3)cc2)c2ccc(-c3ccc(-c4ccc5c(C=C)c(/C=C\C)cc(-c6ccccc6)c5c4)cc3)cc2)cc1. The lowest BCUT2D eigenvalue weighted by atomic mass is 9.89. The van der Waals surface area contributed by atoms with E-state index in [0.717, 1.165) is 39.3 Å². The molecule has 1 heteroatoms. The van der Waals surface area contributed by atoms with E-state index in [1.165, 1.54) is 55.3 Å². The highest BCUT2D eigenvalue weighted by Gasteiger charge is 2.15. The van der Waals surface area contributed by atoms with Crippen LogP contribution in [0, 0.1) is 0 Å². The maximum absolute atomic E-state index is 4.18. The van der Waals surface area contributed by atoms with Crippen molar-refractivity contribution in [3.63, 3.8) is 0 Å². The van der Waals surface area contributed by atoms with E-state index in [4.69, 9.17) is 0 Å². The Morgan fingerprint density at radius 3 is 1.43 bits per heavy atom. The fourth-order valence-electron chi connectivity index (χ4n) is 7.80. The summed E-state index contributed by atoms with van der Waals surface area (Å²) < 4.78 is 0. The first-order chi connectivity index (χ1) is 28.6. The van der Waals surface area contributed by atoms with Crippen molar-refractivity contribution in [2.24, 2.45) is 0 Å². The molecule has 278 valence electrons. The summed E-state index contributed by atoms with van der Waals surface area (Å²) >= 11 is 0. The maximum Gasteiger partial charge on any atom is 0.0462 e. The van der Waals surface area contributed by atoms with Gasteiger partial charge >= 0.3 is 0 Å². The molecule has 0 radical (unpaired) electrons. The van der Waals surface area contributed by atoms with Crippen molar-refractivity contribution >= 4 is 45.6 Å². The third kappa shape index (κ3) is 7.67. The summed E-state index contributed by atoms with van der Waals surface area (Å²) in [6, 6.07) is 65.4. The molecule has 1 nitrogen and oxygen atoms in total. The summed E-state index contributed by atoms with van der Waals surface area (Å²) in [7, 11) is 0. The normalized spacial score (nSPS) is 11.4. The second kappa shape index (κ2) is 17.1. The standard InChI is InChI=1S/C57H45N/c1-5-15-41(7-3)43-25-32-51(33-26-43)58(52-34-27-45(28-35-52)42-17-11-9-12-18-42)53-36-29-46(30-37-53)44-21-23-47(24-22-44)49-31-38-55-54(8-4)50(16-6-2)40-56(57(55)39-49)48-19-13-10-14-20-48/h5-40H,1,3-4H2,2H3/b16-6-,41-15+. The van der Waals surface area contributed by atoms with Crippen LogP contribution >= 0.6 is 0 Å². The summed E-state index contributed by atoms with van der Waals surface area (Å²) in [5.41, 5.74) is 17.2. The Morgan fingerprint density at radius 2 is 0.931 bits per heavy atom. The average Bonchev–Trinajstić information content (AvgIpc) is 3.29. The topological polar surface area (TPSA) is 3.24 Å². The van der Waals surface area contributed by atoms with Crippen LogP contribution in [0.25, 0.3) is 73.0 Å². The molecule has 0 aliphatic carbocycles. The molecule has 8 aromatic rings. The monoisotopic (exact) mass is 743 g/mol. The molecule has 0 fully saturated rings. The Morgan fingerprint density at radius 1 is 0.466 bits per heavy atom. The number of anilines is 3. The Kier molecular flexibility index (Phi) is 11.1. The number of fused-ring (bicyclic) bond motifs is 1. The predicted octanol–water partition coefficient (Wildman–Crippen LogP) is 16.4. The van der Waals surface area contributed by atoms with E-state index in [1.807, 2.05) is 18.2 Å². The molecule has 0 bridgehead atoms. The molecule has 0 aromatic heterocycles. The van der Waals surface area contributed by atoms with Gasteiger partial charge in [-0.25, -0.2) is 0 Å². The summed E-state index contributed by atoms with van der Waals surface area (Å²) in [6.45, 7) is 14.1. The number of hydrogen-bond donors (Lipinski definition) is 0. The molecule has 58 heavy (non-hydrogen) atoms. The van der Waals surface area contributed by atoms with Crippen LogP contribution in [0.2, 0.25) is 0 Å². The van der Waals surface area contributed by atoms with E-state index in [0.29, 0.717) is 0 Å². The molecule has 0 aliphatic rings. The van der Waals surface area contributed by atoms with Crippen LogP contribution in [0.4, 0.5) is 17.1 Å². The molecule has 0 unspecified atom stereocenters. The Hall–Kier alpha value is -7.48. The Balaban J connectivity index is 1.12. The van der Waals surface area contributed by atoms with Crippen LogP contribution < -0.4 is 4.90 Å². The van der Waals surface area contributed by atoms with Crippen molar-refractivity contribution in [1.82, 2.24) is 0 Å². The quantitative estimate of drug-likeness (QED) is 0.113. The van der Waals surface area contributed by atoms with Gasteiger partial charge in [-0.05, 0) is 133 Å². The third-order valence-corrected chi connectivity index (χ3v) is 10.7. The van der Waals surface area contributed by atoms with E-state index in [2.05, 4.69) is 226 Å². The van der Waals surface area contributed by atoms with Crippen molar-refractivity contribution in [1.29, 1.82) is 0 Å². The lowest BCUT2D eigenvalue weighted by Crippen LogP contribution is -2.09. The van der Waals surface area contributed by atoms with E-state index in [-0.39, 0.29) is 0 Å². The average molecular weight is 744 g/mol. The number of rotatable bonds is 12. The van der Waals surface area contributed by atoms with Gasteiger partial charge in [-0.1, -0.05) is 190 Å². The minimum atomic E-state index is 1.04. The van der Waals surface area contributed by atoms with Crippen LogP contribution in [0.5, 0.6) is 0 Å². The summed E-state index contributed by atoms with van der Waals surface area (Å²) in [5, 5.41) is 2.42. The fraction of sp³-hybridized carbons (Fsp3) is 0.0175. The smallest absolute Gasteiger partial charge is 0.0462 e. The van der Waals surface area contributed by atoms with E-state index < -0.39 is 0 Å². The van der Waals surface area contributed by atoms with Crippen LogP contribution in [0.3, 0.4) is 0 Å². The molecule has 0 amide bonds. The number of benzene rings is 8. The largest absolute Gasteiger partial charge is 0.311 e. The minimum absolute atomic E-state index is 1.04. The van der Waals surface area contributed by atoms with E-state index >= 15 is 0 Å². The first-order valence-electron chi connectivity index (χ1n) is 19.7. The lowest BCUT2D eigenvalue weighted by Gasteiger charge is -2.26. The van der Waals surface area contributed by atoms with Crippen molar-refractivity contribution in [3.05, 3.63) is 243 Å². The molecule has 0 saturated carbocycles. The van der Waals surface area contributed by atoms with Gasteiger partial charge in [-0.2, -0.15) is 0 Å². The molecule has 0 heterocycles. The number of nitrogens with zero attached hydrogens (tertiary/aromatic N) is 1. The van der Waals surface area contributed by atoms with E-state index in [9.17, 15) is 0 Å². The van der Waals surface area contributed by atoms with Gasteiger partial charge < -0.3 is 4.90 Å². The second-order valence-electron chi connectivity index (χ2n) is 14.2. The summed E-state index contributed by atoms with van der Waals surface area (Å²) in [5.74, 6) is 0. The molecule has 0 atom stereocenters. The molecule has 0 spiro atoms. The second-order valence-corrected chi connectivity index (χ2v) is 14.2. The van der Waals surface area contributed by atoms with Crippen molar-refractivity contribution in [2.45, 2.75) is 6.92 Å². The van der Waals surface area contributed by atoms with Crippen molar-refractivity contribution in [2.75, 3.05) is 4.90 Å². The molecular formula is C57H45N. The molecule has 0 saturated heterocycles. The van der Waals surface area contributed by atoms with Gasteiger partial charge in [0.15, 0.2) is 0 Å². The highest BCUT2D eigenvalue weighted by molar-refractivity contribution is 6.05. The summed E-state index contributed by atoms with van der Waals surface area (Å²) in [4.78, 5) is 2.30. The zero-order chi connectivity index (χ0) is 39.8. The minimum Gasteiger partial charge on any atom is -0.311 e. The molecular weight excluding hydrogens is 699 g/mol. The lowest BCUT2D eigenvalue weighted by molar-refractivity contribution is 1.28. The number of hydrogen-bond acceptors (Lipinski definition) is 1. The Labute approximate surface area is 343 Å². The van der Waals surface area contributed by atoms with Crippen molar-refractivity contribution in [3.8, 4) is 44.5 Å². The van der Waals surface area contributed by atoms with Gasteiger partial charge in [0.05, 0.1) is 0 Å². The van der Waals surface area contributed by atoms with Crippen LogP contribution in [-0.4, -0.2) is 0 Å². The van der Waals surface area contributed by atoms with E-state index in [1.54, 1.807) is 6.08 Å². The predicted molar refractivity (Wildman–Crippen MR) is 254 cm³/mol. The highest BCUT2D eigenvalue weighted by Crippen LogP contribution is 2.39. The van der Waals surface area contributed by atoms with Crippen molar-refractivity contribution < 1.29 is 0 Å². The van der Waals surface area contributed by atoms with Gasteiger partial charge in [0.25, 0.3) is 0 Å². The fourth-order valence-corrected chi connectivity index (χ4v) is 7.80. The number of allylic oxidation sites excluding steroid dienone is 5. The molecule has 0 aliphatic heterocycles. The first-order valence-corrected chi connectivity index (χ1v) is 19.7. The van der Waals surface area contributed by atoms with Gasteiger partial charge in [0.2, 0.25) is 0 Å².